The van der Waals surface area contributed by atoms with Crippen molar-refractivity contribution in [1.82, 2.24) is 4.90 Å². The van der Waals surface area contributed by atoms with Crippen LogP contribution < -0.4 is 0 Å². The molecule has 112 valence electrons. The number of aryl methyl sites for hydroxylation is 1. The van der Waals surface area contributed by atoms with E-state index in [1.807, 2.05) is 19.2 Å². The van der Waals surface area contributed by atoms with Gasteiger partial charge < -0.3 is 5.11 Å². The first-order valence-electron chi connectivity index (χ1n) is 7.07. The van der Waals surface area contributed by atoms with Crippen LogP contribution in [0.3, 0.4) is 0 Å². The van der Waals surface area contributed by atoms with E-state index in [-0.39, 0.29) is 11.8 Å². The standard InChI is InChI=1S/C15H23NO3S/c1-12(3-4-13-5-7-15(17)8-6-13)16(2)14-9-10-20(18,19)11-14/h5-8,12,14,17H,3-4,9-11H2,1-2H3. The van der Waals surface area contributed by atoms with Gasteiger partial charge in [0, 0.05) is 12.1 Å². The predicted molar refractivity (Wildman–Crippen MR) is 80.7 cm³/mol. The third-order valence-electron chi connectivity index (χ3n) is 4.27. The zero-order chi connectivity index (χ0) is 14.8. The molecule has 4 nitrogen and oxygen atoms in total. The van der Waals surface area contributed by atoms with Crippen LogP contribution in [-0.4, -0.2) is 49.1 Å². The Balaban J connectivity index is 1.85. The van der Waals surface area contributed by atoms with Crippen molar-refractivity contribution in [3.63, 3.8) is 0 Å². The number of phenols is 1. The molecule has 5 heteroatoms. The number of hydrogen-bond acceptors (Lipinski definition) is 4. The molecule has 1 fully saturated rings. The first kappa shape index (κ1) is 15.3. The van der Waals surface area contributed by atoms with Crippen molar-refractivity contribution in [1.29, 1.82) is 0 Å². The Morgan fingerprint density at radius 1 is 1.35 bits per heavy atom. The fourth-order valence-corrected chi connectivity index (χ4v) is 4.48. The second-order valence-corrected chi connectivity index (χ2v) is 8.01. The third kappa shape index (κ3) is 3.96. The van der Waals surface area contributed by atoms with E-state index in [4.69, 9.17) is 0 Å². The first-order valence-corrected chi connectivity index (χ1v) is 8.90. The molecule has 0 spiro atoms. The van der Waals surface area contributed by atoms with Gasteiger partial charge >= 0.3 is 0 Å². The highest BCUT2D eigenvalue weighted by Gasteiger charge is 2.32. The number of nitrogens with zero attached hydrogens (tertiary/aromatic N) is 1. The summed E-state index contributed by atoms with van der Waals surface area (Å²) in [7, 11) is -0.794. The lowest BCUT2D eigenvalue weighted by atomic mass is 10.0. The molecular weight excluding hydrogens is 274 g/mol. The summed E-state index contributed by atoms with van der Waals surface area (Å²) in [6.07, 6.45) is 2.67. The van der Waals surface area contributed by atoms with E-state index in [0.29, 0.717) is 17.5 Å². The molecule has 1 aliphatic rings. The van der Waals surface area contributed by atoms with Crippen molar-refractivity contribution in [2.75, 3.05) is 18.6 Å². The quantitative estimate of drug-likeness (QED) is 0.901. The van der Waals surface area contributed by atoms with Crippen molar-refractivity contribution in [3.05, 3.63) is 29.8 Å². The molecule has 0 radical (unpaired) electrons. The molecule has 0 bridgehead atoms. The van der Waals surface area contributed by atoms with E-state index < -0.39 is 9.84 Å². The van der Waals surface area contributed by atoms with Crippen molar-refractivity contribution in [2.24, 2.45) is 0 Å². The molecule has 0 saturated carbocycles. The molecule has 1 aromatic rings. The number of benzene rings is 1. The second-order valence-electron chi connectivity index (χ2n) is 5.78. The minimum absolute atomic E-state index is 0.162. The average Bonchev–Trinajstić information content (AvgIpc) is 2.77. The van der Waals surface area contributed by atoms with Crippen molar-refractivity contribution < 1.29 is 13.5 Å². The van der Waals surface area contributed by atoms with Crippen LogP contribution >= 0.6 is 0 Å². The number of aromatic hydroxyl groups is 1. The monoisotopic (exact) mass is 297 g/mol. The Kier molecular flexibility index (Phi) is 4.70. The minimum Gasteiger partial charge on any atom is -0.508 e. The van der Waals surface area contributed by atoms with Crippen LogP contribution in [0, 0.1) is 0 Å². The molecule has 1 saturated heterocycles. The molecule has 1 heterocycles. The Labute approximate surface area is 121 Å². The molecule has 2 atom stereocenters. The Morgan fingerprint density at radius 3 is 2.55 bits per heavy atom. The fraction of sp³-hybridized carbons (Fsp3) is 0.600. The van der Waals surface area contributed by atoms with Gasteiger partial charge in [-0.1, -0.05) is 12.1 Å². The van der Waals surface area contributed by atoms with Crippen LogP contribution in [0.25, 0.3) is 0 Å². The summed E-state index contributed by atoms with van der Waals surface area (Å²) in [4.78, 5) is 2.20. The molecule has 2 rings (SSSR count). The maximum atomic E-state index is 11.5. The first-order chi connectivity index (χ1) is 9.37. The Morgan fingerprint density at radius 2 is 2.00 bits per heavy atom. The lowest BCUT2D eigenvalue weighted by molar-refractivity contribution is 0.191. The molecule has 1 aromatic carbocycles. The van der Waals surface area contributed by atoms with Crippen LogP contribution in [0.15, 0.2) is 24.3 Å². The largest absolute Gasteiger partial charge is 0.508 e. The van der Waals surface area contributed by atoms with Crippen LogP contribution in [0.5, 0.6) is 5.75 Å². The van der Waals surface area contributed by atoms with Crippen LogP contribution in [0.2, 0.25) is 0 Å². The van der Waals surface area contributed by atoms with Gasteiger partial charge in [-0.3, -0.25) is 4.90 Å². The lowest BCUT2D eigenvalue weighted by Gasteiger charge is -2.30. The summed E-state index contributed by atoms with van der Waals surface area (Å²) in [6.45, 7) is 2.14. The number of rotatable bonds is 5. The minimum atomic E-state index is -2.82. The summed E-state index contributed by atoms with van der Waals surface area (Å²) >= 11 is 0. The van der Waals surface area contributed by atoms with E-state index in [1.165, 1.54) is 5.56 Å². The highest BCUT2D eigenvalue weighted by molar-refractivity contribution is 7.91. The molecule has 1 aliphatic heterocycles. The average molecular weight is 297 g/mol. The smallest absolute Gasteiger partial charge is 0.151 e. The van der Waals surface area contributed by atoms with Crippen molar-refractivity contribution in [3.8, 4) is 5.75 Å². The molecular formula is C15H23NO3S. The summed E-state index contributed by atoms with van der Waals surface area (Å²) in [5.41, 5.74) is 1.20. The maximum absolute atomic E-state index is 11.5. The molecule has 0 amide bonds. The van der Waals surface area contributed by atoms with Gasteiger partial charge in [0.05, 0.1) is 11.5 Å². The van der Waals surface area contributed by atoms with Gasteiger partial charge in [0.1, 0.15) is 5.75 Å². The van der Waals surface area contributed by atoms with E-state index in [2.05, 4.69) is 11.8 Å². The normalized spacial score (nSPS) is 23.1. The zero-order valence-electron chi connectivity index (χ0n) is 12.1. The van der Waals surface area contributed by atoms with Crippen LogP contribution in [-0.2, 0) is 16.3 Å². The summed E-state index contributed by atoms with van der Waals surface area (Å²) in [5.74, 6) is 0.912. The van der Waals surface area contributed by atoms with Crippen LogP contribution in [0.1, 0.15) is 25.3 Å². The molecule has 20 heavy (non-hydrogen) atoms. The van der Waals surface area contributed by atoms with Gasteiger partial charge in [-0.15, -0.1) is 0 Å². The predicted octanol–water partition coefficient (Wildman–Crippen LogP) is 1.83. The fourth-order valence-electron chi connectivity index (χ4n) is 2.70. The van der Waals surface area contributed by atoms with Gasteiger partial charge in [-0.25, -0.2) is 8.42 Å². The Hall–Kier alpha value is -1.07. The van der Waals surface area contributed by atoms with Crippen LogP contribution in [0.4, 0.5) is 0 Å². The molecule has 0 aliphatic carbocycles. The second kappa shape index (κ2) is 6.14. The summed E-state index contributed by atoms with van der Waals surface area (Å²) in [5, 5.41) is 9.25. The number of phenolic OH excluding ortho intramolecular Hbond substituents is 1. The van der Waals surface area contributed by atoms with E-state index in [9.17, 15) is 13.5 Å². The molecule has 1 N–H and O–H groups in total. The van der Waals surface area contributed by atoms with E-state index >= 15 is 0 Å². The SMILES string of the molecule is CC(CCc1ccc(O)cc1)N(C)C1CCS(=O)(=O)C1. The topological polar surface area (TPSA) is 57.6 Å². The van der Waals surface area contributed by atoms with Gasteiger partial charge in [-0.2, -0.15) is 0 Å². The zero-order valence-corrected chi connectivity index (χ0v) is 12.9. The van der Waals surface area contributed by atoms with E-state index in [0.717, 1.165) is 19.3 Å². The van der Waals surface area contributed by atoms with Gasteiger partial charge in [0.25, 0.3) is 0 Å². The van der Waals surface area contributed by atoms with E-state index in [1.54, 1.807) is 12.1 Å². The number of sulfone groups is 1. The molecule has 2 unspecified atom stereocenters. The summed E-state index contributed by atoms with van der Waals surface area (Å²) in [6, 6.07) is 7.78. The van der Waals surface area contributed by atoms with Gasteiger partial charge in [-0.05, 0) is 50.9 Å². The molecule has 0 aromatic heterocycles. The maximum Gasteiger partial charge on any atom is 0.151 e. The van der Waals surface area contributed by atoms with Gasteiger partial charge in [0.2, 0.25) is 0 Å². The Bertz CT molecular complexity index is 539. The lowest BCUT2D eigenvalue weighted by Crippen LogP contribution is -2.39. The highest BCUT2D eigenvalue weighted by Crippen LogP contribution is 2.20. The number of hydrogen-bond donors (Lipinski definition) is 1. The third-order valence-corrected chi connectivity index (χ3v) is 6.02. The van der Waals surface area contributed by atoms with Crippen molar-refractivity contribution >= 4 is 9.84 Å². The van der Waals surface area contributed by atoms with Crippen molar-refractivity contribution in [2.45, 2.75) is 38.3 Å². The van der Waals surface area contributed by atoms with Gasteiger partial charge in [0.15, 0.2) is 9.84 Å². The highest BCUT2D eigenvalue weighted by atomic mass is 32.2. The summed E-state index contributed by atoms with van der Waals surface area (Å²) < 4.78 is 23.1.